The number of hydrogen-bond donors (Lipinski definition) is 1. The van der Waals surface area contributed by atoms with E-state index in [1.54, 1.807) is 12.1 Å². The van der Waals surface area contributed by atoms with E-state index < -0.39 is 0 Å². The highest BCUT2D eigenvalue weighted by atomic mass is 19.1. The highest BCUT2D eigenvalue weighted by Crippen LogP contribution is 2.30. The fraction of sp³-hybridized carbons (Fsp3) is 0.400. The Hall–Kier alpha value is -2.63. The number of amides is 1. The first-order valence-corrected chi connectivity index (χ1v) is 8.64. The minimum atomic E-state index is -0.363. The smallest absolute Gasteiger partial charge is 0.272 e. The van der Waals surface area contributed by atoms with E-state index in [4.69, 9.17) is 4.42 Å². The lowest BCUT2D eigenvalue weighted by molar-refractivity contribution is 0.0929. The first-order valence-electron chi connectivity index (χ1n) is 8.64. The Kier molecular flexibility index (Phi) is 4.38. The molecule has 0 aliphatic heterocycles. The van der Waals surface area contributed by atoms with Crippen LogP contribution in [0.3, 0.4) is 0 Å². The summed E-state index contributed by atoms with van der Waals surface area (Å²) in [5.74, 6) is 0.0356. The zero-order valence-corrected chi connectivity index (χ0v) is 16.0. The lowest BCUT2D eigenvalue weighted by Gasteiger charge is -2.21. The van der Waals surface area contributed by atoms with Crippen LogP contribution in [0.4, 0.5) is 4.39 Å². The molecule has 0 radical (unpaired) electrons. The van der Waals surface area contributed by atoms with Gasteiger partial charge in [0.05, 0.1) is 11.6 Å². The largest absolute Gasteiger partial charge is 0.459 e. The molecule has 3 aromatic rings. The second kappa shape index (κ2) is 6.27. The summed E-state index contributed by atoms with van der Waals surface area (Å²) in [6, 6.07) is 5.82. The van der Waals surface area contributed by atoms with Crippen LogP contribution in [-0.2, 0) is 5.54 Å². The molecule has 0 saturated heterocycles. The third-order valence-corrected chi connectivity index (χ3v) is 4.43. The summed E-state index contributed by atoms with van der Waals surface area (Å²) in [5, 5.41) is 8.06. The first-order chi connectivity index (χ1) is 12.1. The number of nitrogens with zero attached hydrogens (tertiary/aromatic N) is 2. The molecule has 26 heavy (non-hydrogen) atoms. The van der Waals surface area contributed by atoms with E-state index in [2.05, 4.69) is 10.4 Å². The fourth-order valence-corrected chi connectivity index (χ4v) is 3.23. The molecule has 1 atom stereocenters. The van der Waals surface area contributed by atoms with Crippen LogP contribution in [0.15, 0.2) is 28.7 Å². The maximum absolute atomic E-state index is 13.5. The summed E-state index contributed by atoms with van der Waals surface area (Å²) in [6.07, 6.45) is 0. The van der Waals surface area contributed by atoms with Crippen molar-refractivity contribution in [1.29, 1.82) is 0 Å². The van der Waals surface area contributed by atoms with Gasteiger partial charge in [0.1, 0.15) is 22.9 Å². The third-order valence-electron chi connectivity index (χ3n) is 4.43. The molecule has 1 aromatic carbocycles. The van der Waals surface area contributed by atoms with Crippen molar-refractivity contribution in [2.24, 2.45) is 0 Å². The van der Waals surface area contributed by atoms with Crippen LogP contribution in [0.1, 0.15) is 61.2 Å². The Morgan fingerprint density at radius 3 is 2.58 bits per heavy atom. The Bertz CT molecular complexity index is 979. The summed E-state index contributed by atoms with van der Waals surface area (Å²) in [6.45, 7) is 11.7. The van der Waals surface area contributed by atoms with E-state index in [1.165, 1.54) is 12.1 Å². The molecule has 1 unspecified atom stereocenters. The molecule has 2 aromatic heterocycles. The average Bonchev–Trinajstić information content (AvgIpc) is 3.08. The molecule has 5 nitrogen and oxygen atoms in total. The van der Waals surface area contributed by atoms with Crippen LogP contribution in [-0.4, -0.2) is 15.7 Å². The molecule has 0 saturated carbocycles. The van der Waals surface area contributed by atoms with Crippen molar-refractivity contribution in [2.75, 3.05) is 0 Å². The quantitative estimate of drug-likeness (QED) is 0.743. The second-order valence-electron chi connectivity index (χ2n) is 7.68. The highest BCUT2D eigenvalue weighted by molar-refractivity contribution is 5.92. The number of aryl methyl sites for hydroxylation is 2. The zero-order valence-electron chi connectivity index (χ0n) is 16.0. The maximum atomic E-state index is 13.5. The van der Waals surface area contributed by atoms with Gasteiger partial charge in [-0.1, -0.05) is 0 Å². The maximum Gasteiger partial charge on any atom is 0.272 e. The SMILES string of the molecule is Cc1c(C(C)NC(=O)c2cc(C)n(C(C)(C)C)n2)oc2ccc(F)cc12. The number of fused-ring (bicyclic) bond motifs is 1. The standard InChI is InChI=1S/C20H24FN3O2/c1-11-9-16(23-24(11)20(4,5)6)19(25)22-13(3)18-12(2)15-10-14(21)7-8-17(15)26-18/h7-10,13H,1-6H3,(H,22,25). The summed E-state index contributed by atoms with van der Waals surface area (Å²) < 4.78 is 21.1. The van der Waals surface area contributed by atoms with Crippen molar-refractivity contribution < 1.29 is 13.6 Å². The Balaban J connectivity index is 1.85. The van der Waals surface area contributed by atoms with Crippen molar-refractivity contribution in [3.05, 3.63) is 52.8 Å². The molecule has 0 aliphatic rings. The molecule has 1 amide bonds. The normalized spacial score (nSPS) is 13.2. The molecule has 138 valence electrons. The molecule has 0 fully saturated rings. The number of benzene rings is 1. The van der Waals surface area contributed by atoms with Crippen LogP contribution >= 0.6 is 0 Å². The Morgan fingerprint density at radius 1 is 1.27 bits per heavy atom. The number of rotatable bonds is 3. The van der Waals surface area contributed by atoms with Crippen molar-refractivity contribution in [1.82, 2.24) is 15.1 Å². The van der Waals surface area contributed by atoms with Gasteiger partial charge >= 0.3 is 0 Å². The lowest BCUT2D eigenvalue weighted by atomic mass is 10.1. The van der Waals surface area contributed by atoms with Crippen LogP contribution in [0.5, 0.6) is 0 Å². The number of halogens is 1. The second-order valence-corrected chi connectivity index (χ2v) is 7.68. The molecule has 0 spiro atoms. The molecule has 6 heteroatoms. The molecular weight excluding hydrogens is 333 g/mol. The lowest BCUT2D eigenvalue weighted by Crippen LogP contribution is -2.28. The predicted octanol–water partition coefficient (Wildman–Crippen LogP) is 4.63. The summed E-state index contributed by atoms with van der Waals surface area (Å²) in [4.78, 5) is 12.6. The minimum absolute atomic E-state index is 0.201. The van der Waals surface area contributed by atoms with E-state index in [0.717, 1.165) is 11.3 Å². The van der Waals surface area contributed by atoms with Gasteiger partial charge in [0, 0.05) is 16.6 Å². The van der Waals surface area contributed by atoms with Crippen molar-refractivity contribution in [2.45, 2.75) is 53.1 Å². The number of aromatic nitrogens is 2. The van der Waals surface area contributed by atoms with Gasteiger partial charge in [-0.15, -0.1) is 0 Å². The van der Waals surface area contributed by atoms with Gasteiger partial charge in [-0.05, 0) is 65.8 Å². The number of furan rings is 1. The third kappa shape index (κ3) is 3.23. The van der Waals surface area contributed by atoms with E-state index in [9.17, 15) is 9.18 Å². The van der Waals surface area contributed by atoms with Crippen LogP contribution in [0.25, 0.3) is 11.0 Å². The van der Waals surface area contributed by atoms with Crippen LogP contribution < -0.4 is 5.32 Å². The van der Waals surface area contributed by atoms with Crippen LogP contribution in [0, 0.1) is 19.7 Å². The molecule has 0 bridgehead atoms. The molecule has 2 heterocycles. The van der Waals surface area contributed by atoms with Crippen molar-refractivity contribution in [3.63, 3.8) is 0 Å². The minimum Gasteiger partial charge on any atom is -0.459 e. The van der Waals surface area contributed by atoms with Gasteiger partial charge in [-0.3, -0.25) is 9.48 Å². The van der Waals surface area contributed by atoms with E-state index >= 15 is 0 Å². The molecule has 0 aliphatic carbocycles. The van der Waals surface area contributed by atoms with Gasteiger partial charge in [0.25, 0.3) is 5.91 Å². The van der Waals surface area contributed by atoms with Gasteiger partial charge in [0.15, 0.2) is 0 Å². The predicted molar refractivity (Wildman–Crippen MR) is 98.8 cm³/mol. The van der Waals surface area contributed by atoms with Crippen molar-refractivity contribution >= 4 is 16.9 Å². The summed E-state index contributed by atoms with van der Waals surface area (Å²) in [5.41, 5.74) is 2.51. The highest BCUT2D eigenvalue weighted by Gasteiger charge is 2.23. The van der Waals surface area contributed by atoms with Gasteiger partial charge in [0.2, 0.25) is 0 Å². The van der Waals surface area contributed by atoms with Gasteiger partial charge in [-0.2, -0.15) is 5.10 Å². The molecular formula is C20H24FN3O2. The van der Waals surface area contributed by atoms with E-state index in [1.807, 2.05) is 46.2 Å². The number of nitrogens with one attached hydrogen (secondary N) is 1. The first kappa shape index (κ1) is 18.2. The average molecular weight is 357 g/mol. The summed E-state index contributed by atoms with van der Waals surface area (Å²) >= 11 is 0. The van der Waals surface area contributed by atoms with E-state index in [0.29, 0.717) is 22.4 Å². The topological polar surface area (TPSA) is 60.1 Å². The fourth-order valence-electron chi connectivity index (χ4n) is 3.23. The van der Waals surface area contributed by atoms with Gasteiger partial charge in [-0.25, -0.2) is 4.39 Å². The zero-order chi connectivity index (χ0) is 19.2. The monoisotopic (exact) mass is 357 g/mol. The van der Waals surface area contributed by atoms with Gasteiger partial charge < -0.3 is 9.73 Å². The van der Waals surface area contributed by atoms with E-state index in [-0.39, 0.29) is 23.3 Å². The molecule has 1 N–H and O–H groups in total. The number of carbonyl (C=O) groups is 1. The summed E-state index contributed by atoms with van der Waals surface area (Å²) in [7, 11) is 0. The Morgan fingerprint density at radius 2 is 1.96 bits per heavy atom. The van der Waals surface area contributed by atoms with Crippen LogP contribution in [0.2, 0.25) is 0 Å². The number of hydrogen-bond acceptors (Lipinski definition) is 3. The molecule has 3 rings (SSSR count). The Labute approximate surface area is 152 Å². The van der Waals surface area contributed by atoms with Crippen molar-refractivity contribution in [3.8, 4) is 0 Å². The number of carbonyl (C=O) groups excluding carboxylic acids is 1.